The summed E-state index contributed by atoms with van der Waals surface area (Å²) in [6.45, 7) is 6.64. The van der Waals surface area contributed by atoms with Crippen LogP contribution in [0, 0.1) is 0 Å². The molecule has 0 bridgehead atoms. The minimum absolute atomic E-state index is 0.0140. The highest BCUT2D eigenvalue weighted by atomic mass is 16.6. The topological polar surface area (TPSA) is 64.8 Å². The van der Waals surface area contributed by atoms with Gasteiger partial charge in [0, 0.05) is 6.54 Å². The van der Waals surface area contributed by atoms with Gasteiger partial charge < -0.3 is 18.8 Å². The third-order valence-corrected chi connectivity index (χ3v) is 3.68. The van der Waals surface area contributed by atoms with Crippen LogP contribution in [0.2, 0.25) is 0 Å². The number of oxazole rings is 1. The van der Waals surface area contributed by atoms with E-state index in [1.807, 2.05) is 45.0 Å². The molecule has 1 saturated heterocycles. The summed E-state index contributed by atoms with van der Waals surface area (Å²) in [6, 6.07) is 7.49. The van der Waals surface area contributed by atoms with E-state index in [1.165, 1.54) is 0 Å². The Labute approximate surface area is 135 Å². The first-order valence-corrected chi connectivity index (χ1v) is 7.90. The number of benzene rings is 1. The van der Waals surface area contributed by atoms with Crippen molar-refractivity contribution in [2.75, 3.05) is 13.2 Å². The van der Waals surface area contributed by atoms with Crippen molar-refractivity contribution in [3.8, 4) is 6.08 Å². The molecule has 0 aliphatic carbocycles. The zero-order valence-electron chi connectivity index (χ0n) is 13.7. The van der Waals surface area contributed by atoms with Crippen LogP contribution >= 0.6 is 0 Å². The van der Waals surface area contributed by atoms with Gasteiger partial charge in [-0.2, -0.15) is 4.98 Å². The maximum absolute atomic E-state index is 12.2. The quantitative estimate of drug-likeness (QED) is 0.865. The molecule has 1 fully saturated rings. The Morgan fingerprint density at radius 2 is 2.17 bits per heavy atom. The normalized spacial score (nSPS) is 18.4. The van der Waals surface area contributed by atoms with Crippen LogP contribution in [-0.4, -0.2) is 40.8 Å². The minimum atomic E-state index is -0.495. The number of carbonyl (C=O) groups is 1. The summed E-state index contributed by atoms with van der Waals surface area (Å²) in [5.74, 6) is 0. The zero-order valence-corrected chi connectivity index (χ0v) is 13.7. The third kappa shape index (κ3) is 3.75. The van der Waals surface area contributed by atoms with E-state index in [-0.39, 0.29) is 18.2 Å². The monoisotopic (exact) mass is 318 g/mol. The number of likely N-dealkylation sites (tertiary alicyclic amines) is 1. The van der Waals surface area contributed by atoms with Crippen LogP contribution in [0.3, 0.4) is 0 Å². The van der Waals surface area contributed by atoms with Gasteiger partial charge in [-0.1, -0.05) is 12.1 Å². The van der Waals surface area contributed by atoms with Crippen LogP contribution < -0.4 is 4.74 Å². The fourth-order valence-electron chi connectivity index (χ4n) is 2.65. The predicted molar refractivity (Wildman–Crippen MR) is 85.5 cm³/mol. The van der Waals surface area contributed by atoms with Gasteiger partial charge in [0.25, 0.3) is 0 Å². The summed E-state index contributed by atoms with van der Waals surface area (Å²) in [6.07, 6.45) is 1.78. The van der Waals surface area contributed by atoms with E-state index in [0.717, 1.165) is 18.4 Å². The zero-order chi connectivity index (χ0) is 16.4. The van der Waals surface area contributed by atoms with Crippen LogP contribution in [0.1, 0.15) is 33.6 Å². The Balaban J connectivity index is 1.61. The summed E-state index contributed by atoms with van der Waals surface area (Å²) in [4.78, 5) is 18.2. The highest BCUT2D eigenvalue weighted by Crippen LogP contribution is 2.24. The number of hydrogen-bond donors (Lipinski definition) is 0. The summed E-state index contributed by atoms with van der Waals surface area (Å²) in [7, 11) is 0. The Kier molecular flexibility index (Phi) is 4.15. The number of para-hydroxylation sites is 2. The molecule has 2 heterocycles. The molecule has 1 aromatic carbocycles. The molecule has 0 N–H and O–H groups in total. The molecule has 1 aliphatic heterocycles. The molecule has 1 atom stereocenters. The molecular formula is C17H22N2O4. The summed E-state index contributed by atoms with van der Waals surface area (Å²) >= 11 is 0. The molecular weight excluding hydrogens is 296 g/mol. The van der Waals surface area contributed by atoms with Crippen molar-refractivity contribution >= 4 is 17.2 Å². The SMILES string of the molecule is CC(C)(C)OC(=O)N1CCC[C@@H]1COc1nc2ccccc2o1. The molecule has 6 heteroatoms. The second-order valence-electron chi connectivity index (χ2n) is 6.73. The molecule has 0 saturated carbocycles. The van der Waals surface area contributed by atoms with Crippen molar-refractivity contribution in [3.63, 3.8) is 0 Å². The van der Waals surface area contributed by atoms with Crippen LogP contribution in [0.5, 0.6) is 6.08 Å². The van der Waals surface area contributed by atoms with Gasteiger partial charge in [-0.05, 0) is 45.7 Å². The maximum atomic E-state index is 12.2. The number of aromatic nitrogens is 1. The molecule has 3 rings (SSSR count). The molecule has 0 spiro atoms. The van der Waals surface area contributed by atoms with Crippen LogP contribution in [0.4, 0.5) is 4.79 Å². The number of amides is 1. The van der Waals surface area contributed by atoms with Gasteiger partial charge in [-0.25, -0.2) is 4.79 Å². The minimum Gasteiger partial charge on any atom is -0.448 e. The van der Waals surface area contributed by atoms with E-state index in [1.54, 1.807) is 4.90 Å². The molecule has 2 aromatic rings. The fourth-order valence-corrected chi connectivity index (χ4v) is 2.65. The van der Waals surface area contributed by atoms with Gasteiger partial charge >= 0.3 is 12.2 Å². The predicted octanol–water partition coefficient (Wildman–Crippen LogP) is 3.61. The lowest BCUT2D eigenvalue weighted by Crippen LogP contribution is -2.42. The first kappa shape index (κ1) is 15.6. The molecule has 0 unspecified atom stereocenters. The number of rotatable bonds is 3. The highest BCUT2D eigenvalue weighted by molar-refractivity contribution is 5.72. The summed E-state index contributed by atoms with van der Waals surface area (Å²) in [5.41, 5.74) is 0.960. The molecule has 1 aliphatic rings. The van der Waals surface area contributed by atoms with Crippen molar-refractivity contribution in [3.05, 3.63) is 24.3 Å². The average Bonchev–Trinajstić information content (AvgIpc) is 3.09. The fraction of sp³-hybridized carbons (Fsp3) is 0.529. The number of ether oxygens (including phenoxy) is 2. The van der Waals surface area contributed by atoms with Crippen LogP contribution in [0.25, 0.3) is 11.1 Å². The second kappa shape index (κ2) is 6.10. The first-order valence-electron chi connectivity index (χ1n) is 7.90. The molecule has 23 heavy (non-hydrogen) atoms. The molecule has 6 nitrogen and oxygen atoms in total. The number of hydrogen-bond acceptors (Lipinski definition) is 5. The number of fused-ring (bicyclic) bond motifs is 1. The number of nitrogens with zero attached hydrogens (tertiary/aromatic N) is 2. The van der Waals surface area contributed by atoms with Crippen LogP contribution in [0.15, 0.2) is 28.7 Å². The van der Waals surface area contributed by atoms with Gasteiger partial charge in [0.2, 0.25) is 0 Å². The van der Waals surface area contributed by atoms with Crippen molar-refractivity contribution in [1.29, 1.82) is 0 Å². The molecule has 0 radical (unpaired) electrons. The van der Waals surface area contributed by atoms with E-state index in [9.17, 15) is 4.79 Å². The molecule has 1 amide bonds. The first-order chi connectivity index (χ1) is 10.9. The van der Waals surface area contributed by atoms with Crippen LogP contribution in [-0.2, 0) is 4.74 Å². The van der Waals surface area contributed by atoms with Crippen molar-refractivity contribution in [2.45, 2.75) is 45.3 Å². The lowest BCUT2D eigenvalue weighted by atomic mass is 10.2. The molecule has 1 aromatic heterocycles. The van der Waals surface area contributed by atoms with Crippen molar-refractivity contribution < 1.29 is 18.7 Å². The van der Waals surface area contributed by atoms with E-state index in [2.05, 4.69) is 4.98 Å². The lowest BCUT2D eigenvalue weighted by molar-refractivity contribution is 0.0176. The lowest BCUT2D eigenvalue weighted by Gasteiger charge is -2.28. The van der Waals surface area contributed by atoms with E-state index >= 15 is 0 Å². The summed E-state index contributed by atoms with van der Waals surface area (Å²) in [5, 5.41) is 0. The Bertz CT molecular complexity index is 656. The van der Waals surface area contributed by atoms with E-state index < -0.39 is 5.60 Å². The average molecular weight is 318 g/mol. The second-order valence-corrected chi connectivity index (χ2v) is 6.73. The van der Waals surface area contributed by atoms with Gasteiger partial charge in [-0.15, -0.1) is 0 Å². The third-order valence-electron chi connectivity index (χ3n) is 3.68. The molecule has 124 valence electrons. The Hall–Kier alpha value is -2.24. The van der Waals surface area contributed by atoms with Gasteiger partial charge in [0.05, 0.1) is 6.04 Å². The standard InChI is InChI=1S/C17H22N2O4/c1-17(2,3)23-16(20)19-10-6-7-12(19)11-21-15-18-13-8-4-5-9-14(13)22-15/h4-5,8-9,12H,6-7,10-11H2,1-3H3/t12-/m1/s1. The Morgan fingerprint density at radius 1 is 1.39 bits per heavy atom. The van der Waals surface area contributed by atoms with E-state index in [0.29, 0.717) is 18.7 Å². The maximum Gasteiger partial charge on any atom is 0.410 e. The Morgan fingerprint density at radius 3 is 2.91 bits per heavy atom. The smallest absolute Gasteiger partial charge is 0.410 e. The number of carbonyl (C=O) groups excluding carboxylic acids is 1. The largest absolute Gasteiger partial charge is 0.448 e. The van der Waals surface area contributed by atoms with Crippen molar-refractivity contribution in [1.82, 2.24) is 9.88 Å². The summed E-state index contributed by atoms with van der Waals surface area (Å²) < 4.78 is 16.6. The van der Waals surface area contributed by atoms with Crippen molar-refractivity contribution in [2.24, 2.45) is 0 Å². The highest BCUT2D eigenvalue weighted by Gasteiger charge is 2.32. The van der Waals surface area contributed by atoms with Gasteiger partial charge in [0.15, 0.2) is 5.58 Å². The van der Waals surface area contributed by atoms with E-state index in [4.69, 9.17) is 13.9 Å². The van der Waals surface area contributed by atoms with Gasteiger partial charge in [-0.3, -0.25) is 0 Å². The van der Waals surface area contributed by atoms with Gasteiger partial charge in [0.1, 0.15) is 17.7 Å².